The fourth-order valence-corrected chi connectivity index (χ4v) is 4.89. The van der Waals surface area contributed by atoms with Crippen molar-refractivity contribution < 1.29 is 0 Å². The molecule has 2 heteroatoms. The van der Waals surface area contributed by atoms with Gasteiger partial charge in [0.1, 0.15) is 0 Å². The molecule has 0 aromatic rings. The summed E-state index contributed by atoms with van der Waals surface area (Å²) in [6, 6.07) is 0.814. The van der Waals surface area contributed by atoms with Gasteiger partial charge in [0.15, 0.2) is 0 Å². The lowest BCUT2D eigenvalue weighted by atomic mass is 9.62. The Morgan fingerprint density at radius 2 is 1.31 bits per heavy atom. The number of unbranched alkanes of at least 4 members (excludes halogenated alkanes) is 6. The van der Waals surface area contributed by atoms with Crippen LogP contribution in [0.25, 0.3) is 0 Å². The van der Waals surface area contributed by atoms with Crippen molar-refractivity contribution in [2.45, 2.75) is 124 Å². The topological polar surface area (TPSA) is 52.0 Å². The molecule has 0 radical (unpaired) electrons. The summed E-state index contributed by atoms with van der Waals surface area (Å²) in [5, 5.41) is 0. The highest BCUT2D eigenvalue weighted by Crippen LogP contribution is 2.44. The minimum absolute atomic E-state index is 0.400. The largest absolute Gasteiger partial charge is 0.327 e. The number of nitrogens with two attached hydrogens (primary N) is 2. The van der Waals surface area contributed by atoms with E-state index in [1.807, 2.05) is 0 Å². The molecule has 0 aromatic carbocycles. The first-order valence-corrected chi connectivity index (χ1v) is 11.7. The first-order chi connectivity index (χ1) is 12.1. The molecule has 1 fully saturated rings. The van der Waals surface area contributed by atoms with Crippen LogP contribution >= 0.6 is 0 Å². The molecular formula is C24H50N2. The van der Waals surface area contributed by atoms with Crippen molar-refractivity contribution in [2.75, 3.05) is 0 Å². The van der Waals surface area contributed by atoms with E-state index in [0.29, 0.717) is 35.3 Å². The van der Waals surface area contributed by atoms with Gasteiger partial charge in [-0.3, -0.25) is 0 Å². The minimum Gasteiger partial charge on any atom is -0.327 e. The normalized spacial score (nSPS) is 28.5. The number of hydrogen-bond acceptors (Lipinski definition) is 2. The third-order valence-corrected chi connectivity index (χ3v) is 7.45. The van der Waals surface area contributed by atoms with Gasteiger partial charge < -0.3 is 11.5 Å². The Hall–Kier alpha value is -0.0800. The number of rotatable bonds is 12. The van der Waals surface area contributed by atoms with E-state index in [-0.39, 0.29) is 0 Å². The predicted molar refractivity (Wildman–Crippen MR) is 117 cm³/mol. The molecule has 0 saturated heterocycles. The molecule has 156 valence electrons. The second kappa shape index (κ2) is 11.7. The first kappa shape index (κ1) is 24.0. The summed E-state index contributed by atoms with van der Waals surface area (Å²) in [6.45, 7) is 14.2. The average Bonchev–Trinajstić information content (AvgIpc) is 2.57. The van der Waals surface area contributed by atoms with Crippen molar-refractivity contribution in [1.29, 1.82) is 0 Å². The summed E-state index contributed by atoms with van der Waals surface area (Å²) < 4.78 is 0. The van der Waals surface area contributed by atoms with Crippen molar-refractivity contribution >= 4 is 0 Å². The highest BCUT2D eigenvalue weighted by atomic mass is 14.7. The lowest BCUT2D eigenvalue weighted by molar-refractivity contribution is 0.0764. The van der Waals surface area contributed by atoms with Crippen LogP contribution in [-0.4, -0.2) is 12.1 Å². The Kier molecular flexibility index (Phi) is 10.8. The van der Waals surface area contributed by atoms with Crippen molar-refractivity contribution in [1.82, 2.24) is 0 Å². The molecule has 1 rings (SSSR count). The van der Waals surface area contributed by atoms with E-state index in [9.17, 15) is 0 Å². The van der Waals surface area contributed by atoms with Crippen molar-refractivity contribution in [3.63, 3.8) is 0 Å². The molecule has 1 saturated carbocycles. The monoisotopic (exact) mass is 366 g/mol. The second-order valence-electron chi connectivity index (χ2n) is 10.6. The van der Waals surface area contributed by atoms with Crippen LogP contribution in [0.4, 0.5) is 0 Å². The molecule has 0 amide bonds. The highest BCUT2D eigenvalue weighted by Gasteiger charge is 2.38. The SMILES string of the molecule is CC(C)C(N)CCCCCCCCCC(C)(C)C1CC(C)C(N)C(C)C1. The molecule has 26 heavy (non-hydrogen) atoms. The first-order valence-electron chi connectivity index (χ1n) is 11.7. The molecule has 1 aliphatic rings. The van der Waals surface area contributed by atoms with Crippen LogP contribution in [0.5, 0.6) is 0 Å². The summed E-state index contributed by atoms with van der Waals surface area (Å²) in [5.41, 5.74) is 12.9. The van der Waals surface area contributed by atoms with Gasteiger partial charge in [0.05, 0.1) is 0 Å². The second-order valence-corrected chi connectivity index (χ2v) is 10.6. The molecule has 0 aliphatic heterocycles. The van der Waals surface area contributed by atoms with E-state index in [1.165, 1.54) is 70.6 Å². The van der Waals surface area contributed by atoms with Gasteiger partial charge in [-0.1, -0.05) is 86.5 Å². The van der Waals surface area contributed by atoms with E-state index in [0.717, 1.165) is 5.92 Å². The van der Waals surface area contributed by atoms with Crippen LogP contribution in [0.15, 0.2) is 0 Å². The quantitative estimate of drug-likeness (QED) is 0.386. The third-order valence-electron chi connectivity index (χ3n) is 7.45. The molecule has 0 bridgehead atoms. The maximum absolute atomic E-state index is 6.34. The Bertz CT molecular complexity index is 351. The fraction of sp³-hybridized carbons (Fsp3) is 1.00. The smallest absolute Gasteiger partial charge is 0.00905 e. The summed E-state index contributed by atoms with van der Waals surface area (Å²) in [4.78, 5) is 0. The highest BCUT2D eigenvalue weighted by molar-refractivity contribution is 4.90. The van der Waals surface area contributed by atoms with Gasteiger partial charge in [-0.05, 0) is 54.8 Å². The lowest BCUT2D eigenvalue weighted by Crippen LogP contribution is -2.44. The molecule has 2 nitrogen and oxygen atoms in total. The van der Waals surface area contributed by atoms with Gasteiger partial charge in [-0.15, -0.1) is 0 Å². The minimum atomic E-state index is 0.400. The van der Waals surface area contributed by atoms with E-state index < -0.39 is 0 Å². The maximum atomic E-state index is 6.34. The Morgan fingerprint density at radius 1 is 0.846 bits per heavy atom. The summed E-state index contributed by atoms with van der Waals surface area (Å²) >= 11 is 0. The molecule has 0 heterocycles. The van der Waals surface area contributed by atoms with Crippen LogP contribution < -0.4 is 11.5 Å². The lowest BCUT2D eigenvalue weighted by Gasteiger charge is -2.44. The molecule has 3 unspecified atom stereocenters. The number of hydrogen-bond donors (Lipinski definition) is 2. The van der Waals surface area contributed by atoms with Crippen molar-refractivity contribution in [3.8, 4) is 0 Å². The van der Waals surface area contributed by atoms with E-state index >= 15 is 0 Å². The molecule has 0 spiro atoms. The van der Waals surface area contributed by atoms with E-state index in [1.54, 1.807) is 0 Å². The maximum Gasteiger partial charge on any atom is 0.00905 e. The van der Waals surface area contributed by atoms with Gasteiger partial charge >= 0.3 is 0 Å². The fourth-order valence-electron chi connectivity index (χ4n) is 4.89. The van der Waals surface area contributed by atoms with Crippen LogP contribution in [0.2, 0.25) is 0 Å². The Labute approximate surface area is 165 Å². The predicted octanol–water partition coefficient (Wildman–Crippen LogP) is 6.52. The standard InChI is InChI=1S/C24H50N2/c1-18(2)22(25)14-12-10-8-7-9-11-13-15-24(5,6)21-16-19(3)23(26)20(4)17-21/h18-23H,7-17,25-26H2,1-6H3. The van der Waals surface area contributed by atoms with Crippen LogP contribution in [-0.2, 0) is 0 Å². The summed E-state index contributed by atoms with van der Waals surface area (Å²) in [5.74, 6) is 2.86. The van der Waals surface area contributed by atoms with Gasteiger partial charge in [0.25, 0.3) is 0 Å². The van der Waals surface area contributed by atoms with Crippen LogP contribution in [0.1, 0.15) is 112 Å². The zero-order chi connectivity index (χ0) is 19.7. The van der Waals surface area contributed by atoms with Crippen LogP contribution in [0, 0.1) is 29.1 Å². The van der Waals surface area contributed by atoms with Gasteiger partial charge in [0.2, 0.25) is 0 Å². The van der Waals surface area contributed by atoms with Gasteiger partial charge in [0, 0.05) is 12.1 Å². The average molecular weight is 367 g/mol. The summed E-state index contributed by atoms with van der Waals surface area (Å²) in [7, 11) is 0. The zero-order valence-corrected chi connectivity index (χ0v) is 18.9. The Balaban J connectivity index is 2.09. The van der Waals surface area contributed by atoms with Gasteiger partial charge in [-0.25, -0.2) is 0 Å². The van der Waals surface area contributed by atoms with Gasteiger partial charge in [-0.2, -0.15) is 0 Å². The van der Waals surface area contributed by atoms with E-state index in [2.05, 4.69) is 41.5 Å². The Morgan fingerprint density at radius 3 is 1.81 bits per heavy atom. The molecule has 4 N–H and O–H groups in total. The van der Waals surface area contributed by atoms with Crippen molar-refractivity contribution in [3.05, 3.63) is 0 Å². The molecule has 0 aromatic heterocycles. The molecule has 3 atom stereocenters. The van der Waals surface area contributed by atoms with E-state index in [4.69, 9.17) is 11.5 Å². The van der Waals surface area contributed by atoms with Crippen molar-refractivity contribution in [2.24, 2.45) is 40.6 Å². The van der Waals surface area contributed by atoms with Crippen LogP contribution in [0.3, 0.4) is 0 Å². The zero-order valence-electron chi connectivity index (χ0n) is 18.9. The third kappa shape index (κ3) is 8.30. The molecule has 1 aliphatic carbocycles. The molecular weight excluding hydrogens is 316 g/mol. The summed E-state index contributed by atoms with van der Waals surface area (Å²) in [6.07, 6.45) is 14.9.